The lowest BCUT2D eigenvalue weighted by Gasteiger charge is -2.27. The number of halogens is 1. The molecule has 1 aromatic carbocycles. The fourth-order valence-electron chi connectivity index (χ4n) is 3.01. The molecule has 1 aliphatic rings. The van der Waals surface area contributed by atoms with Gasteiger partial charge in [0, 0.05) is 4.47 Å². The highest BCUT2D eigenvalue weighted by molar-refractivity contribution is 9.10. The van der Waals surface area contributed by atoms with Gasteiger partial charge in [0.25, 0.3) is 0 Å². The predicted octanol–water partition coefficient (Wildman–Crippen LogP) is 5.76. The molecular weight excluding hydrogens is 284 g/mol. The molecule has 0 radical (unpaired) electrons. The molecule has 98 valence electrons. The summed E-state index contributed by atoms with van der Waals surface area (Å²) >= 11 is 3.49. The number of aryl methyl sites for hydroxylation is 1. The summed E-state index contributed by atoms with van der Waals surface area (Å²) in [5.41, 5.74) is 1.48. The molecule has 0 amide bonds. The zero-order valence-electron chi connectivity index (χ0n) is 11.1. The highest BCUT2D eigenvalue weighted by Crippen LogP contribution is 2.33. The summed E-state index contributed by atoms with van der Waals surface area (Å²) in [5.74, 6) is 1.88. The summed E-state index contributed by atoms with van der Waals surface area (Å²) < 4.78 is 1.18. The lowest BCUT2D eigenvalue weighted by atomic mass is 9.78. The molecule has 0 saturated heterocycles. The molecule has 0 heterocycles. The molecule has 1 heteroatoms. The van der Waals surface area contributed by atoms with Gasteiger partial charge in [-0.25, -0.2) is 0 Å². The Balaban J connectivity index is 1.72. The predicted molar refractivity (Wildman–Crippen MR) is 82.7 cm³/mol. The monoisotopic (exact) mass is 306 g/mol. The van der Waals surface area contributed by atoms with E-state index < -0.39 is 0 Å². The van der Waals surface area contributed by atoms with Crippen LogP contribution in [0.4, 0.5) is 0 Å². The summed E-state index contributed by atoms with van der Waals surface area (Å²) in [5, 5.41) is 0. The van der Waals surface area contributed by atoms with Crippen LogP contribution in [0.25, 0.3) is 0 Å². The van der Waals surface area contributed by atoms with Gasteiger partial charge >= 0.3 is 0 Å². The van der Waals surface area contributed by atoms with Gasteiger partial charge < -0.3 is 0 Å². The third kappa shape index (κ3) is 4.28. The van der Waals surface area contributed by atoms with Crippen LogP contribution in [0, 0.1) is 11.8 Å². The largest absolute Gasteiger partial charge is 0.103 e. The summed E-state index contributed by atoms with van der Waals surface area (Å²) in [7, 11) is 0. The minimum atomic E-state index is 0.923. The zero-order chi connectivity index (χ0) is 12.8. The van der Waals surface area contributed by atoms with Crippen LogP contribution in [0.1, 0.15) is 44.1 Å². The Hall–Kier alpha value is -0.560. The highest BCUT2D eigenvalue weighted by atomic mass is 79.9. The Morgan fingerprint density at radius 1 is 1.06 bits per heavy atom. The van der Waals surface area contributed by atoms with Crippen molar-refractivity contribution in [2.45, 2.75) is 44.9 Å². The van der Waals surface area contributed by atoms with Gasteiger partial charge in [0.15, 0.2) is 0 Å². The minimum absolute atomic E-state index is 0.923. The zero-order valence-corrected chi connectivity index (χ0v) is 12.7. The van der Waals surface area contributed by atoms with Crippen molar-refractivity contribution < 1.29 is 0 Å². The maximum atomic E-state index is 3.85. The smallest absolute Gasteiger partial charge is 0.0175 e. The van der Waals surface area contributed by atoms with E-state index in [1.165, 1.54) is 55.0 Å². The van der Waals surface area contributed by atoms with Crippen LogP contribution in [0.15, 0.2) is 41.4 Å². The molecule has 0 nitrogen and oxygen atoms in total. The molecule has 0 spiro atoms. The van der Waals surface area contributed by atoms with E-state index in [-0.39, 0.29) is 0 Å². The maximum absolute atomic E-state index is 3.85. The normalized spacial score (nSPS) is 23.8. The molecule has 0 aliphatic heterocycles. The van der Waals surface area contributed by atoms with Crippen molar-refractivity contribution in [3.63, 3.8) is 0 Å². The maximum Gasteiger partial charge on any atom is 0.0175 e. The Bertz CT molecular complexity index is 358. The second kappa shape index (κ2) is 7.13. The van der Waals surface area contributed by atoms with Gasteiger partial charge in [-0.3, -0.25) is 0 Å². The number of hydrogen-bond acceptors (Lipinski definition) is 0. The first kappa shape index (κ1) is 13.9. The Kier molecular flexibility index (Phi) is 5.49. The first-order valence-electron chi connectivity index (χ1n) is 7.13. The Morgan fingerprint density at radius 2 is 1.67 bits per heavy atom. The molecule has 0 N–H and O–H groups in total. The molecule has 2 rings (SSSR count). The number of hydrogen-bond donors (Lipinski definition) is 0. The number of allylic oxidation sites excluding steroid dienone is 1. The lowest BCUT2D eigenvalue weighted by molar-refractivity contribution is 0.265. The molecule has 0 aromatic heterocycles. The summed E-state index contributed by atoms with van der Waals surface area (Å²) in [6.07, 6.45) is 11.6. The van der Waals surface area contributed by atoms with E-state index in [4.69, 9.17) is 0 Å². The quantitative estimate of drug-likeness (QED) is 0.606. The van der Waals surface area contributed by atoms with E-state index in [1.807, 2.05) is 0 Å². The van der Waals surface area contributed by atoms with Crippen molar-refractivity contribution in [3.05, 3.63) is 47.0 Å². The van der Waals surface area contributed by atoms with E-state index in [0.717, 1.165) is 11.8 Å². The van der Waals surface area contributed by atoms with E-state index in [2.05, 4.69) is 52.9 Å². The molecule has 0 atom stereocenters. The molecule has 0 bridgehead atoms. The van der Waals surface area contributed by atoms with Gasteiger partial charge in [0.05, 0.1) is 0 Å². The SMILES string of the molecule is C=CC[C@H]1CC[C@H](CCc2ccc(Br)cc2)CC1. The van der Waals surface area contributed by atoms with Crippen LogP contribution in [0.2, 0.25) is 0 Å². The van der Waals surface area contributed by atoms with Crippen LogP contribution in [-0.2, 0) is 6.42 Å². The van der Waals surface area contributed by atoms with Crippen LogP contribution in [0.3, 0.4) is 0 Å². The highest BCUT2D eigenvalue weighted by Gasteiger charge is 2.19. The Morgan fingerprint density at radius 3 is 2.28 bits per heavy atom. The van der Waals surface area contributed by atoms with Gasteiger partial charge in [-0.1, -0.05) is 47.0 Å². The van der Waals surface area contributed by atoms with Crippen LogP contribution in [0.5, 0.6) is 0 Å². The van der Waals surface area contributed by atoms with Gasteiger partial charge in [-0.15, -0.1) is 6.58 Å². The average Bonchev–Trinajstić information content (AvgIpc) is 2.40. The fourth-order valence-corrected chi connectivity index (χ4v) is 3.28. The van der Waals surface area contributed by atoms with Gasteiger partial charge in [-0.05, 0) is 61.6 Å². The average molecular weight is 307 g/mol. The van der Waals surface area contributed by atoms with Crippen molar-refractivity contribution in [2.75, 3.05) is 0 Å². The molecular formula is C17H23Br. The molecule has 18 heavy (non-hydrogen) atoms. The minimum Gasteiger partial charge on any atom is -0.103 e. The summed E-state index contributed by atoms with van der Waals surface area (Å²) in [6.45, 7) is 3.85. The van der Waals surface area contributed by atoms with Gasteiger partial charge in [0.2, 0.25) is 0 Å². The standard InChI is InChI=1S/C17H23Br/c1-2-3-14-4-6-15(7-5-14)8-9-16-10-12-17(18)13-11-16/h2,10-15H,1,3-9H2/t14-,15-. The van der Waals surface area contributed by atoms with Crippen molar-refractivity contribution in [2.24, 2.45) is 11.8 Å². The Labute approximate surface area is 120 Å². The summed E-state index contributed by atoms with van der Waals surface area (Å²) in [6, 6.07) is 8.79. The van der Waals surface area contributed by atoms with Crippen LogP contribution in [-0.4, -0.2) is 0 Å². The number of benzene rings is 1. The molecule has 0 unspecified atom stereocenters. The molecule has 1 fully saturated rings. The first-order valence-corrected chi connectivity index (χ1v) is 7.92. The van der Waals surface area contributed by atoms with E-state index in [0.29, 0.717) is 0 Å². The first-order chi connectivity index (χ1) is 8.78. The topological polar surface area (TPSA) is 0 Å². The van der Waals surface area contributed by atoms with Gasteiger partial charge in [0.1, 0.15) is 0 Å². The molecule has 1 aromatic rings. The van der Waals surface area contributed by atoms with Crippen molar-refractivity contribution in [1.29, 1.82) is 0 Å². The third-order valence-electron chi connectivity index (χ3n) is 4.22. The van der Waals surface area contributed by atoms with Gasteiger partial charge in [-0.2, -0.15) is 0 Å². The fraction of sp³-hybridized carbons (Fsp3) is 0.529. The van der Waals surface area contributed by atoms with E-state index in [9.17, 15) is 0 Å². The van der Waals surface area contributed by atoms with Crippen molar-refractivity contribution >= 4 is 15.9 Å². The molecule has 1 saturated carbocycles. The molecule has 1 aliphatic carbocycles. The second-order valence-corrected chi connectivity index (χ2v) is 6.49. The van der Waals surface area contributed by atoms with Crippen molar-refractivity contribution in [1.82, 2.24) is 0 Å². The van der Waals surface area contributed by atoms with E-state index >= 15 is 0 Å². The number of rotatable bonds is 5. The summed E-state index contributed by atoms with van der Waals surface area (Å²) in [4.78, 5) is 0. The third-order valence-corrected chi connectivity index (χ3v) is 4.75. The second-order valence-electron chi connectivity index (χ2n) is 5.58. The van der Waals surface area contributed by atoms with Crippen molar-refractivity contribution in [3.8, 4) is 0 Å². The van der Waals surface area contributed by atoms with Crippen LogP contribution >= 0.6 is 15.9 Å². The lowest BCUT2D eigenvalue weighted by Crippen LogP contribution is -2.14. The van der Waals surface area contributed by atoms with Crippen LogP contribution < -0.4 is 0 Å². The van der Waals surface area contributed by atoms with E-state index in [1.54, 1.807) is 0 Å².